The second-order valence-corrected chi connectivity index (χ2v) is 8.66. The van der Waals surface area contributed by atoms with Gasteiger partial charge in [-0.25, -0.2) is 13.1 Å². The highest BCUT2D eigenvalue weighted by Gasteiger charge is 2.25. The van der Waals surface area contributed by atoms with Gasteiger partial charge in [0.1, 0.15) is 0 Å². The molecule has 5 nitrogen and oxygen atoms in total. The van der Waals surface area contributed by atoms with Crippen LogP contribution < -0.4 is 4.72 Å². The molecule has 0 amide bonds. The molecule has 1 saturated heterocycles. The van der Waals surface area contributed by atoms with Crippen molar-refractivity contribution < 1.29 is 13.2 Å². The minimum absolute atomic E-state index is 0.125. The molecule has 1 heterocycles. The van der Waals surface area contributed by atoms with E-state index in [1.54, 1.807) is 18.2 Å². The number of hydrogen-bond donors (Lipinski definition) is 1. The Labute approximate surface area is 163 Å². The number of hydrogen-bond acceptors (Lipinski definition) is 4. The first kappa shape index (κ1) is 19.6. The fourth-order valence-corrected chi connectivity index (χ4v) is 4.31. The van der Waals surface area contributed by atoms with E-state index in [-0.39, 0.29) is 17.5 Å². The Balaban J connectivity index is 1.80. The van der Waals surface area contributed by atoms with Crippen molar-refractivity contribution in [3.8, 4) is 0 Å². The second-order valence-electron chi connectivity index (χ2n) is 6.02. The van der Waals surface area contributed by atoms with E-state index in [0.717, 1.165) is 18.7 Å². The van der Waals surface area contributed by atoms with E-state index in [4.69, 9.17) is 27.9 Å². The van der Waals surface area contributed by atoms with E-state index in [1.165, 1.54) is 12.1 Å². The molecule has 26 heavy (non-hydrogen) atoms. The first-order chi connectivity index (χ1) is 12.5. The molecule has 2 aromatic carbocycles. The van der Waals surface area contributed by atoms with Crippen LogP contribution in [0.25, 0.3) is 0 Å². The maximum Gasteiger partial charge on any atom is 0.240 e. The van der Waals surface area contributed by atoms with Crippen LogP contribution in [0.1, 0.15) is 11.6 Å². The third kappa shape index (κ3) is 4.97. The van der Waals surface area contributed by atoms with E-state index >= 15 is 0 Å². The SMILES string of the molecule is O=S(=O)(NCC(c1cccc(Cl)c1)N1CCOCC1)c1ccc(Cl)cc1. The van der Waals surface area contributed by atoms with Crippen LogP contribution in [-0.4, -0.2) is 46.2 Å². The van der Waals surface area contributed by atoms with Gasteiger partial charge in [0.15, 0.2) is 0 Å². The summed E-state index contributed by atoms with van der Waals surface area (Å²) in [4.78, 5) is 2.40. The quantitative estimate of drug-likeness (QED) is 0.786. The molecule has 1 unspecified atom stereocenters. The highest BCUT2D eigenvalue weighted by atomic mass is 35.5. The zero-order valence-electron chi connectivity index (χ0n) is 14.1. The van der Waals surface area contributed by atoms with Crippen molar-refractivity contribution in [1.82, 2.24) is 9.62 Å². The molecule has 0 aromatic heterocycles. The van der Waals surface area contributed by atoms with E-state index < -0.39 is 10.0 Å². The molecule has 2 aromatic rings. The topological polar surface area (TPSA) is 58.6 Å². The summed E-state index contributed by atoms with van der Waals surface area (Å²) in [6, 6.07) is 13.5. The van der Waals surface area contributed by atoms with Gasteiger partial charge < -0.3 is 4.74 Å². The molecular weight excluding hydrogens is 395 g/mol. The van der Waals surface area contributed by atoms with Crippen LogP contribution in [0.3, 0.4) is 0 Å². The Morgan fingerprint density at radius 2 is 1.73 bits per heavy atom. The molecule has 0 saturated carbocycles. The van der Waals surface area contributed by atoms with Crippen LogP contribution in [0.4, 0.5) is 0 Å². The predicted molar refractivity (Wildman–Crippen MR) is 103 cm³/mol. The average molecular weight is 415 g/mol. The zero-order valence-corrected chi connectivity index (χ0v) is 16.4. The van der Waals surface area contributed by atoms with Crippen LogP contribution in [0.2, 0.25) is 10.0 Å². The van der Waals surface area contributed by atoms with Gasteiger partial charge in [0.25, 0.3) is 0 Å². The molecule has 0 radical (unpaired) electrons. The van der Waals surface area contributed by atoms with Gasteiger partial charge in [-0.2, -0.15) is 0 Å². The lowest BCUT2D eigenvalue weighted by Crippen LogP contribution is -2.43. The first-order valence-electron chi connectivity index (χ1n) is 8.28. The number of sulfonamides is 1. The van der Waals surface area contributed by atoms with Gasteiger partial charge >= 0.3 is 0 Å². The largest absolute Gasteiger partial charge is 0.379 e. The van der Waals surface area contributed by atoms with E-state index in [2.05, 4.69) is 9.62 Å². The number of ether oxygens (including phenoxy) is 1. The summed E-state index contributed by atoms with van der Waals surface area (Å²) in [6.45, 7) is 2.97. The monoisotopic (exact) mass is 414 g/mol. The molecule has 8 heteroatoms. The third-order valence-corrected chi connectivity index (χ3v) is 6.24. The van der Waals surface area contributed by atoms with E-state index in [9.17, 15) is 8.42 Å². The molecule has 1 aliphatic rings. The lowest BCUT2D eigenvalue weighted by Gasteiger charge is -2.35. The van der Waals surface area contributed by atoms with Crippen LogP contribution in [0.5, 0.6) is 0 Å². The number of morpholine rings is 1. The number of halogens is 2. The predicted octanol–water partition coefficient (Wildman–Crippen LogP) is 3.35. The average Bonchev–Trinajstić information content (AvgIpc) is 2.63. The molecule has 0 aliphatic carbocycles. The van der Waals surface area contributed by atoms with Crippen LogP contribution in [0, 0.1) is 0 Å². The molecule has 1 aliphatic heterocycles. The van der Waals surface area contributed by atoms with Crippen LogP contribution >= 0.6 is 23.2 Å². The van der Waals surface area contributed by atoms with Crippen molar-refractivity contribution in [3.05, 3.63) is 64.1 Å². The van der Waals surface area contributed by atoms with Gasteiger partial charge in [0.05, 0.1) is 18.1 Å². The zero-order chi connectivity index (χ0) is 18.6. The lowest BCUT2D eigenvalue weighted by molar-refractivity contribution is 0.0172. The highest BCUT2D eigenvalue weighted by molar-refractivity contribution is 7.89. The Hall–Kier alpha value is -1.15. The molecule has 1 atom stereocenters. The number of benzene rings is 2. The Morgan fingerprint density at radius 3 is 2.38 bits per heavy atom. The minimum atomic E-state index is -3.63. The summed E-state index contributed by atoms with van der Waals surface area (Å²) < 4.78 is 33.3. The molecule has 1 fully saturated rings. The maximum absolute atomic E-state index is 12.6. The van der Waals surface area contributed by atoms with Crippen molar-refractivity contribution >= 4 is 33.2 Å². The van der Waals surface area contributed by atoms with Gasteiger partial charge in [-0.3, -0.25) is 4.90 Å². The van der Waals surface area contributed by atoms with Crippen LogP contribution in [0.15, 0.2) is 53.4 Å². The molecule has 0 spiro atoms. The second kappa shape index (κ2) is 8.69. The highest BCUT2D eigenvalue weighted by Crippen LogP contribution is 2.24. The summed E-state index contributed by atoms with van der Waals surface area (Å²) in [7, 11) is -3.63. The standard InChI is InChI=1S/C18H20Cl2N2O3S/c19-15-4-6-17(7-5-15)26(23,24)21-13-18(22-8-10-25-11-9-22)14-2-1-3-16(20)12-14/h1-7,12,18,21H,8-11,13H2. The molecule has 140 valence electrons. The number of nitrogens with zero attached hydrogens (tertiary/aromatic N) is 1. The van der Waals surface area contributed by atoms with Crippen molar-refractivity contribution in [1.29, 1.82) is 0 Å². The molecular formula is C18H20Cl2N2O3S. The summed E-state index contributed by atoms with van der Waals surface area (Å²) in [5.41, 5.74) is 0.971. The molecule has 1 N–H and O–H groups in total. The summed E-state index contributed by atoms with van der Waals surface area (Å²) in [5.74, 6) is 0. The summed E-state index contributed by atoms with van der Waals surface area (Å²) in [5, 5.41) is 1.12. The summed E-state index contributed by atoms with van der Waals surface area (Å²) >= 11 is 12.0. The lowest BCUT2D eigenvalue weighted by atomic mass is 10.1. The van der Waals surface area contributed by atoms with Gasteiger partial charge in [0, 0.05) is 35.7 Å². The van der Waals surface area contributed by atoms with Gasteiger partial charge in [-0.15, -0.1) is 0 Å². The Bertz CT molecular complexity index is 838. The maximum atomic E-state index is 12.6. The van der Waals surface area contributed by atoms with Gasteiger partial charge in [-0.05, 0) is 42.0 Å². The number of rotatable bonds is 6. The van der Waals surface area contributed by atoms with Crippen molar-refractivity contribution in [2.24, 2.45) is 0 Å². The van der Waals surface area contributed by atoms with Crippen molar-refractivity contribution in [2.75, 3.05) is 32.8 Å². The van der Waals surface area contributed by atoms with Crippen LogP contribution in [-0.2, 0) is 14.8 Å². The smallest absolute Gasteiger partial charge is 0.240 e. The number of nitrogens with one attached hydrogen (secondary N) is 1. The fraction of sp³-hybridized carbons (Fsp3) is 0.333. The molecule has 3 rings (SSSR count). The normalized spacial score (nSPS) is 17.2. The minimum Gasteiger partial charge on any atom is -0.379 e. The summed E-state index contributed by atoms with van der Waals surface area (Å²) in [6.07, 6.45) is 0. The molecule has 0 bridgehead atoms. The van der Waals surface area contributed by atoms with E-state index in [1.807, 2.05) is 18.2 Å². The van der Waals surface area contributed by atoms with E-state index in [0.29, 0.717) is 23.3 Å². The first-order valence-corrected chi connectivity index (χ1v) is 10.5. The fourth-order valence-electron chi connectivity index (χ4n) is 2.95. The van der Waals surface area contributed by atoms with Crippen molar-refractivity contribution in [2.45, 2.75) is 10.9 Å². The Kier molecular flexibility index (Phi) is 6.55. The Morgan fingerprint density at radius 1 is 1.04 bits per heavy atom. The van der Waals surface area contributed by atoms with Gasteiger partial charge in [-0.1, -0.05) is 35.3 Å². The third-order valence-electron chi connectivity index (χ3n) is 4.31. The van der Waals surface area contributed by atoms with Gasteiger partial charge in [0.2, 0.25) is 10.0 Å². The van der Waals surface area contributed by atoms with Crippen molar-refractivity contribution in [3.63, 3.8) is 0 Å².